The molecule has 5 aliphatic rings. The van der Waals surface area contributed by atoms with Gasteiger partial charge in [0.05, 0.1) is 12.4 Å². The second-order valence-electron chi connectivity index (χ2n) is 20.2. The van der Waals surface area contributed by atoms with Gasteiger partial charge in [0, 0.05) is 50.4 Å². The van der Waals surface area contributed by atoms with E-state index >= 15 is 0 Å². The quantitative estimate of drug-likeness (QED) is 0.189. The van der Waals surface area contributed by atoms with Crippen LogP contribution < -0.4 is 11.1 Å². The highest BCUT2D eigenvalue weighted by Gasteiger charge is 2.60. The van der Waals surface area contributed by atoms with E-state index in [1.807, 2.05) is 33.1 Å². The number of aromatic nitrogens is 2. The van der Waals surface area contributed by atoms with Crippen LogP contribution in [0.5, 0.6) is 0 Å². The van der Waals surface area contributed by atoms with Crippen molar-refractivity contribution in [2.75, 3.05) is 60.9 Å². The van der Waals surface area contributed by atoms with Crippen LogP contribution in [0.1, 0.15) is 123 Å². The Labute approximate surface area is 339 Å². The number of aromatic amines is 1. The number of fused-ring (bicyclic) bond motifs is 5. The molecule has 0 spiro atoms. The summed E-state index contributed by atoms with van der Waals surface area (Å²) in [5, 5.41) is 3.29. The summed E-state index contributed by atoms with van der Waals surface area (Å²) in [6.07, 6.45) is 21.1. The van der Waals surface area contributed by atoms with Gasteiger partial charge in [0.2, 0.25) is 17.7 Å². The number of rotatable bonds is 17. The van der Waals surface area contributed by atoms with Gasteiger partial charge >= 0.3 is 0 Å². The fourth-order valence-corrected chi connectivity index (χ4v) is 13.2. The summed E-state index contributed by atoms with van der Waals surface area (Å²) in [5.74, 6) is 4.49. The van der Waals surface area contributed by atoms with E-state index < -0.39 is 12.1 Å². The number of hydrogen-bond donors (Lipinski definition) is 3. The number of nitrogens with two attached hydrogens (primary N) is 1. The molecule has 4 N–H and O–H groups in total. The van der Waals surface area contributed by atoms with Crippen LogP contribution in [0.25, 0.3) is 0 Å². The zero-order valence-electron chi connectivity index (χ0n) is 36.2. The summed E-state index contributed by atoms with van der Waals surface area (Å²) in [4.78, 5) is 57.1. The molecular formula is C45H78N8O3. The Bertz CT molecular complexity index is 1440. The molecule has 1 aromatic heterocycles. The predicted octanol–water partition coefficient (Wildman–Crippen LogP) is 5.56. The summed E-state index contributed by atoms with van der Waals surface area (Å²) in [7, 11) is 8.17. The number of nitrogens with zero attached hydrogens (tertiary/aromatic N) is 5. The monoisotopic (exact) mass is 779 g/mol. The molecule has 0 radical (unpaired) electrons. The van der Waals surface area contributed by atoms with Gasteiger partial charge in [-0.05, 0) is 165 Å². The van der Waals surface area contributed by atoms with Gasteiger partial charge in [0.15, 0.2) is 0 Å². The Kier molecular flexibility index (Phi) is 14.3. The Balaban J connectivity index is 1.07. The van der Waals surface area contributed by atoms with Gasteiger partial charge < -0.3 is 35.6 Å². The zero-order valence-corrected chi connectivity index (χ0v) is 36.2. The number of amides is 3. The van der Waals surface area contributed by atoms with E-state index in [-0.39, 0.29) is 23.8 Å². The van der Waals surface area contributed by atoms with Crippen molar-refractivity contribution in [2.45, 2.75) is 142 Å². The van der Waals surface area contributed by atoms with Crippen molar-refractivity contribution in [3.8, 4) is 0 Å². The molecule has 56 heavy (non-hydrogen) atoms. The lowest BCUT2D eigenvalue weighted by atomic mass is 9.44. The van der Waals surface area contributed by atoms with Crippen molar-refractivity contribution in [1.82, 2.24) is 34.9 Å². The molecule has 5 fully saturated rings. The van der Waals surface area contributed by atoms with Gasteiger partial charge in [-0.2, -0.15) is 0 Å². The average molecular weight is 779 g/mol. The van der Waals surface area contributed by atoms with Crippen LogP contribution in [0.4, 0.5) is 0 Å². The first-order valence-electron chi connectivity index (χ1n) is 22.6. The normalized spacial score (nSPS) is 33.8. The minimum absolute atomic E-state index is 0.0323. The van der Waals surface area contributed by atoms with Crippen molar-refractivity contribution in [1.29, 1.82) is 0 Å². The van der Waals surface area contributed by atoms with Crippen molar-refractivity contribution in [2.24, 2.45) is 52.1 Å². The maximum atomic E-state index is 14.4. The predicted molar refractivity (Wildman–Crippen MR) is 223 cm³/mol. The van der Waals surface area contributed by atoms with Gasteiger partial charge in [0.25, 0.3) is 0 Å². The van der Waals surface area contributed by atoms with Gasteiger partial charge in [0.1, 0.15) is 6.04 Å². The van der Waals surface area contributed by atoms with Crippen LogP contribution in [0.15, 0.2) is 12.5 Å². The lowest BCUT2D eigenvalue weighted by molar-refractivity contribution is -0.144. The number of nitrogens with one attached hydrogen (secondary N) is 2. The van der Waals surface area contributed by atoms with Crippen molar-refractivity contribution >= 4 is 17.7 Å². The van der Waals surface area contributed by atoms with Gasteiger partial charge in [-0.1, -0.05) is 33.6 Å². The highest BCUT2D eigenvalue weighted by Crippen LogP contribution is 2.68. The number of carbonyl (C=O) groups is 3. The Morgan fingerprint density at radius 2 is 1.64 bits per heavy atom. The molecular weight excluding hydrogens is 701 g/mol. The number of carbonyl (C=O) groups excluding carboxylic acids is 3. The molecule has 4 aliphatic carbocycles. The van der Waals surface area contributed by atoms with Gasteiger partial charge in [-0.25, -0.2) is 4.98 Å². The fraction of sp³-hybridized carbons (Fsp3) is 0.867. The Morgan fingerprint density at radius 1 is 0.929 bits per heavy atom. The number of imidazole rings is 1. The summed E-state index contributed by atoms with van der Waals surface area (Å²) in [5.41, 5.74) is 8.24. The molecule has 11 nitrogen and oxygen atoms in total. The van der Waals surface area contributed by atoms with Crippen LogP contribution in [0.3, 0.4) is 0 Å². The number of H-pyrrole nitrogens is 1. The third-order valence-electron chi connectivity index (χ3n) is 16.1. The van der Waals surface area contributed by atoms with Crippen LogP contribution in [-0.2, 0) is 20.8 Å². The molecule has 3 amide bonds. The number of likely N-dealkylation sites (tertiary alicyclic amines) is 1. The van der Waals surface area contributed by atoms with E-state index in [1.54, 1.807) is 17.4 Å². The summed E-state index contributed by atoms with van der Waals surface area (Å²) >= 11 is 0. The minimum atomic E-state index is -0.816. The lowest BCUT2D eigenvalue weighted by Gasteiger charge is -2.61. The summed E-state index contributed by atoms with van der Waals surface area (Å²) in [6.45, 7) is 11.0. The molecule has 11 atom stereocenters. The second-order valence-corrected chi connectivity index (χ2v) is 20.2. The smallest absolute Gasteiger partial charge is 0.245 e. The van der Waals surface area contributed by atoms with Crippen molar-refractivity contribution in [3.63, 3.8) is 0 Å². The van der Waals surface area contributed by atoms with Crippen LogP contribution in [-0.4, -0.2) is 126 Å². The highest BCUT2D eigenvalue weighted by molar-refractivity contribution is 5.91. The average Bonchev–Trinajstić information content (AvgIpc) is 3.91. The molecule has 1 aromatic rings. The molecule has 1 saturated heterocycles. The first-order chi connectivity index (χ1) is 26.7. The van der Waals surface area contributed by atoms with E-state index in [1.165, 1.54) is 64.2 Å². The third kappa shape index (κ3) is 9.51. The van der Waals surface area contributed by atoms with E-state index in [2.05, 4.69) is 45.9 Å². The molecule has 1 aliphatic heterocycles. The maximum absolute atomic E-state index is 14.4. The van der Waals surface area contributed by atoms with Crippen molar-refractivity contribution in [3.05, 3.63) is 18.2 Å². The molecule has 11 heteroatoms. The molecule has 5 unspecified atom stereocenters. The van der Waals surface area contributed by atoms with Crippen LogP contribution >= 0.6 is 0 Å². The molecule has 4 saturated carbocycles. The summed E-state index contributed by atoms with van der Waals surface area (Å²) in [6, 6.07) is -1.76. The highest BCUT2D eigenvalue weighted by atomic mass is 16.2. The topological polar surface area (TPSA) is 131 Å². The van der Waals surface area contributed by atoms with E-state index in [0.29, 0.717) is 61.6 Å². The number of hydrogen-bond acceptors (Lipinski definition) is 7. The lowest BCUT2D eigenvalue weighted by Crippen LogP contribution is -2.53. The maximum Gasteiger partial charge on any atom is 0.245 e. The minimum Gasteiger partial charge on any atom is -0.351 e. The zero-order chi connectivity index (χ0) is 40.2. The molecule has 0 aromatic carbocycles. The molecule has 6 rings (SSSR count). The van der Waals surface area contributed by atoms with Crippen LogP contribution in [0, 0.1) is 46.3 Å². The summed E-state index contributed by atoms with van der Waals surface area (Å²) < 4.78 is 0. The second kappa shape index (κ2) is 18.6. The Hall–Kier alpha value is -2.50. The fourth-order valence-electron chi connectivity index (χ4n) is 13.2. The van der Waals surface area contributed by atoms with Gasteiger partial charge in [-0.3, -0.25) is 14.4 Å². The first kappa shape index (κ1) is 43.1. The first-order valence-corrected chi connectivity index (χ1v) is 22.6. The standard InChI is InChI=1S/C45H78N8O3/c1-31(36-16-17-37-35-15-14-32-12-8-9-20-44(32,2)38(35)19-21-45(36,37)3)13-18-41(54)49-34-27-40(53(29-34)42(55)39(46)26-33-28-47-30-48-33)43(56)52(24-10-22-50(4)5)25-11-23-51(6)7/h28,30-32,34-40H,8-27,29,46H2,1-7H3,(H,47,48)(H,49,54)/t31-,32?,34+,35?,36-,37?,38?,39?,40+,44+,45-/m1/s1. The third-order valence-corrected chi connectivity index (χ3v) is 16.1. The largest absolute Gasteiger partial charge is 0.351 e. The molecule has 316 valence electrons. The molecule has 0 bridgehead atoms. The Morgan fingerprint density at radius 3 is 2.32 bits per heavy atom. The SMILES string of the molecule is C[C@H](CCC(=O)N[C@H]1C[C@@H](C(=O)N(CCCN(C)C)CCCN(C)C)N(C(=O)C(N)Cc2cnc[nH]2)C1)[C@H]1CCC2C3CCC4CCCC[C@]4(C)C3CC[C@@]21C. The van der Waals surface area contributed by atoms with Crippen molar-refractivity contribution < 1.29 is 14.4 Å². The van der Waals surface area contributed by atoms with E-state index in [0.717, 1.165) is 61.7 Å². The van der Waals surface area contributed by atoms with Crippen LogP contribution in [0.2, 0.25) is 0 Å². The van der Waals surface area contributed by atoms with E-state index in [4.69, 9.17) is 5.73 Å². The van der Waals surface area contributed by atoms with E-state index in [9.17, 15) is 14.4 Å². The molecule has 2 heterocycles. The van der Waals surface area contributed by atoms with Gasteiger partial charge in [-0.15, -0.1) is 0 Å².